The molecule has 0 fully saturated rings. The molecule has 0 aromatic carbocycles. The molecule has 0 bridgehead atoms. The van der Waals surface area contributed by atoms with Gasteiger partial charge in [-0.1, -0.05) is 19.9 Å². The van der Waals surface area contributed by atoms with Crippen LogP contribution in [0.1, 0.15) is 46.6 Å². The van der Waals surface area contributed by atoms with Crippen molar-refractivity contribution in [2.75, 3.05) is 6.54 Å². The van der Waals surface area contributed by atoms with E-state index in [2.05, 4.69) is 4.98 Å². The molecule has 1 rings (SSSR count). The molecule has 0 saturated carbocycles. The van der Waals surface area contributed by atoms with Crippen molar-refractivity contribution >= 4 is 12.1 Å². The van der Waals surface area contributed by atoms with Gasteiger partial charge in [-0.3, -0.25) is 9.88 Å². The Labute approximate surface area is 143 Å². The van der Waals surface area contributed by atoms with Crippen LogP contribution in [0.15, 0.2) is 24.5 Å². The molecule has 6 nitrogen and oxygen atoms in total. The second-order valence-electron chi connectivity index (χ2n) is 7.17. The lowest BCUT2D eigenvalue weighted by Gasteiger charge is -2.33. The van der Waals surface area contributed by atoms with Gasteiger partial charge in [0.05, 0.1) is 0 Å². The van der Waals surface area contributed by atoms with Crippen LogP contribution in [0.2, 0.25) is 0 Å². The van der Waals surface area contributed by atoms with Crippen LogP contribution in [0.3, 0.4) is 0 Å². The molecule has 0 aliphatic carbocycles. The SMILES string of the molecule is CC(C)[C@@H](C(=O)O)N(CCCc1cccnc1)C(=O)OC(C)(C)C. The minimum absolute atomic E-state index is 0.214. The van der Waals surface area contributed by atoms with Crippen LogP contribution < -0.4 is 0 Å². The van der Waals surface area contributed by atoms with Crippen molar-refractivity contribution in [3.8, 4) is 0 Å². The molecule has 0 aliphatic heterocycles. The molecule has 1 heterocycles. The Morgan fingerprint density at radius 1 is 1.33 bits per heavy atom. The largest absolute Gasteiger partial charge is 0.480 e. The van der Waals surface area contributed by atoms with Crippen molar-refractivity contribution < 1.29 is 19.4 Å². The van der Waals surface area contributed by atoms with E-state index in [4.69, 9.17) is 4.74 Å². The summed E-state index contributed by atoms with van der Waals surface area (Å²) in [4.78, 5) is 29.5. The summed E-state index contributed by atoms with van der Waals surface area (Å²) in [5.41, 5.74) is 0.386. The fraction of sp³-hybridized carbons (Fsp3) is 0.611. The molecule has 0 unspecified atom stereocenters. The van der Waals surface area contributed by atoms with E-state index in [-0.39, 0.29) is 5.92 Å². The van der Waals surface area contributed by atoms with Crippen molar-refractivity contribution in [3.63, 3.8) is 0 Å². The maximum Gasteiger partial charge on any atom is 0.411 e. The third-order valence-corrected chi connectivity index (χ3v) is 3.44. The molecule has 1 N–H and O–H groups in total. The molecule has 134 valence electrons. The summed E-state index contributed by atoms with van der Waals surface area (Å²) < 4.78 is 5.40. The molecule has 1 aromatic heterocycles. The number of ether oxygens (including phenoxy) is 1. The third kappa shape index (κ3) is 6.56. The second kappa shape index (κ2) is 8.66. The fourth-order valence-electron chi connectivity index (χ4n) is 2.44. The van der Waals surface area contributed by atoms with E-state index in [0.717, 1.165) is 12.0 Å². The van der Waals surface area contributed by atoms with Crippen molar-refractivity contribution in [2.45, 2.75) is 59.1 Å². The van der Waals surface area contributed by atoms with Crippen molar-refractivity contribution in [1.82, 2.24) is 9.88 Å². The number of aliphatic carboxylic acids is 1. The van der Waals surface area contributed by atoms with Gasteiger partial charge in [-0.05, 0) is 51.2 Å². The Kier molecular flexibility index (Phi) is 7.19. The number of hydrogen-bond donors (Lipinski definition) is 1. The number of carboxylic acid groups (broad SMARTS) is 1. The summed E-state index contributed by atoms with van der Waals surface area (Å²) >= 11 is 0. The molecule has 6 heteroatoms. The molecular formula is C18H28N2O4. The number of nitrogens with zero attached hydrogens (tertiary/aromatic N) is 2. The number of aromatic nitrogens is 1. The minimum Gasteiger partial charge on any atom is -0.480 e. The Balaban J connectivity index is 2.83. The van der Waals surface area contributed by atoms with E-state index >= 15 is 0 Å². The fourth-order valence-corrected chi connectivity index (χ4v) is 2.44. The number of rotatable bonds is 7. The smallest absolute Gasteiger partial charge is 0.411 e. The van der Waals surface area contributed by atoms with Crippen LogP contribution in [0.25, 0.3) is 0 Å². The number of carbonyl (C=O) groups excluding carboxylic acids is 1. The highest BCUT2D eigenvalue weighted by molar-refractivity contribution is 5.80. The molecule has 1 amide bonds. The van der Waals surface area contributed by atoms with Gasteiger partial charge < -0.3 is 9.84 Å². The summed E-state index contributed by atoms with van der Waals surface area (Å²) in [6.45, 7) is 9.20. The topological polar surface area (TPSA) is 79.7 Å². The van der Waals surface area contributed by atoms with Crippen molar-refractivity contribution in [1.29, 1.82) is 0 Å². The van der Waals surface area contributed by atoms with Gasteiger partial charge in [0.1, 0.15) is 11.6 Å². The van der Waals surface area contributed by atoms with Crippen LogP contribution in [0.4, 0.5) is 4.79 Å². The zero-order valence-electron chi connectivity index (χ0n) is 15.2. The van der Waals surface area contributed by atoms with E-state index in [0.29, 0.717) is 13.0 Å². The second-order valence-corrected chi connectivity index (χ2v) is 7.17. The van der Waals surface area contributed by atoms with Crippen LogP contribution >= 0.6 is 0 Å². The third-order valence-electron chi connectivity index (χ3n) is 3.44. The standard InChI is InChI=1S/C18H28N2O4/c1-13(2)15(16(21)22)20(17(23)24-18(3,4)5)11-7-9-14-8-6-10-19-12-14/h6,8,10,12-13,15H,7,9,11H2,1-5H3,(H,21,22)/t15-/m0/s1. The summed E-state index contributed by atoms with van der Waals surface area (Å²) in [5, 5.41) is 9.52. The lowest BCUT2D eigenvalue weighted by Crippen LogP contribution is -2.50. The van der Waals surface area contributed by atoms with E-state index in [1.165, 1.54) is 4.90 Å². The summed E-state index contributed by atoms with van der Waals surface area (Å²) in [6.07, 6.45) is 4.25. The highest BCUT2D eigenvalue weighted by Gasteiger charge is 2.34. The Morgan fingerprint density at radius 2 is 2.00 bits per heavy atom. The molecule has 24 heavy (non-hydrogen) atoms. The van der Waals surface area contributed by atoms with Gasteiger partial charge >= 0.3 is 12.1 Å². The molecule has 1 atom stereocenters. The van der Waals surface area contributed by atoms with Gasteiger partial charge in [0.25, 0.3) is 0 Å². The quantitative estimate of drug-likeness (QED) is 0.826. The zero-order chi connectivity index (χ0) is 18.3. The lowest BCUT2D eigenvalue weighted by atomic mass is 10.0. The summed E-state index contributed by atoms with van der Waals surface area (Å²) in [5.74, 6) is -1.23. The van der Waals surface area contributed by atoms with Gasteiger partial charge in [-0.25, -0.2) is 9.59 Å². The van der Waals surface area contributed by atoms with Crippen molar-refractivity contribution in [3.05, 3.63) is 30.1 Å². The summed E-state index contributed by atoms with van der Waals surface area (Å²) in [7, 11) is 0. The number of aryl methyl sites for hydroxylation is 1. The first kappa shape index (κ1) is 19.9. The Morgan fingerprint density at radius 3 is 2.46 bits per heavy atom. The lowest BCUT2D eigenvalue weighted by molar-refractivity contribution is -0.144. The number of amides is 1. The predicted octanol–water partition coefficient (Wildman–Crippen LogP) is 3.36. The van der Waals surface area contributed by atoms with Crippen LogP contribution in [-0.4, -0.2) is 45.2 Å². The minimum atomic E-state index is -1.02. The first-order chi connectivity index (χ1) is 11.1. The molecule has 1 aromatic rings. The molecular weight excluding hydrogens is 308 g/mol. The maximum absolute atomic E-state index is 12.5. The van der Waals surface area contributed by atoms with E-state index in [9.17, 15) is 14.7 Å². The summed E-state index contributed by atoms with van der Waals surface area (Å²) in [6, 6.07) is 2.91. The van der Waals surface area contributed by atoms with E-state index in [1.54, 1.807) is 47.0 Å². The Hall–Kier alpha value is -2.11. The van der Waals surface area contributed by atoms with Gasteiger partial charge in [-0.2, -0.15) is 0 Å². The van der Waals surface area contributed by atoms with Crippen molar-refractivity contribution in [2.24, 2.45) is 5.92 Å². The highest BCUT2D eigenvalue weighted by atomic mass is 16.6. The number of pyridine rings is 1. The predicted molar refractivity (Wildman–Crippen MR) is 91.8 cm³/mol. The molecule has 0 aliphatic rings. The van der Waals surface area contributed by atoms with Gasteiger partial charge in [0.15, 0.2) is 0 Å². The number of carboxylic acids is 1. The maximum atomic E-state index is 12.5. The zero-order valence-corrected chi connectivity index (χ0v) is 15.2. The first-order valence-electron chi connectivity index (χ1n) is 8.23. The molecule has 0 radical (unpaired) electrons. The average molecular weight is 336 g/mol. The normalized spacial score (nSPS) is 12.8. The van der Waals surface area contributed by atoms with Gasteiger partial charge in [0.2, 0.25) is 0 Å². The van der Waals surface area contributed by atoms with E-state index in [1.807, 2.05) is 12.1 Å². The first-order valence-corrected chi connectivity index (χ1v) is 8.23. The highest BCUT2D eigenvalue weighted by Crippen LogP contribution is 2.18. The molecule has 0 spiro atoms. The Bertz CT molecular complexity index is 538. The number of carbonyl (C=O) groups is 2. The van der Waals surface area contributed by atoms with E-state index < -0.39 is 23.7 Å². The van der Waals surface area contributed by atoms with Gasteiger partial charge in [-0.15, -0.1) is 0 Å². The monoisotopic (exact) mass is 336 g/mol. The van der Waals surface area contributed by atoms with Crippen LogP contribution in [-0.2, 0) is 16.0 Å². The average Bonchev–Trinajstić information content (AvgIpc) is 2.44. The number of hydrogen-bond acceptors (Lipinski definition) is 4. The molecule has 0 saturated heterocycles. The van der Waals surface area contributed by atoms with Crippen LogP contribution in [0, 0.1) is 5.92 Å². The van der Waals surface area contributed by atoms with Gasteiger partial charge in [0, 0.05) is 18.9 Å². The van der Waals surface area contributed by atoms with Crippen LogP contribution in [0.5, 0.6) is 0 Å².